The fraction of sp³-hybridized carbons (Fsp3) is 0.364. The molecule has 0 aromatic heterocycles. The number of rotatable bonds is 7. The van der Waals surface area contributed by atoms with Crippen molar-refractivity contribution < 1.29 is 14.3 Å². The average molecular weight is 366 g/mol. The van der Waals surface area contributed by atoms with Crippen molar-refractivity contribution in [3.8, 4) is 5.75 Å². The predicted octanol–water partition coefficient (Wildman–Crippen LogP) is 2.94. The number of methoxy groups -OCH3 is 1. The first kappa shape index (κ1) is 19.0. The Labute approximate surface area is 160 Å². The smallest absolute Gasteiger partial charge is 0.243 e. The predicted molar refractivity (Wildman–Crippen MR) is 104 cm³/mol. The second-order valence-corrected chi connectivity index (χ2v) is 6.80. The molecular weight excluding hydrogens is 340 g/mol. The molecule has 1 heterocycles. The maximum atomic E-state index is 12.7. The first-order valence-electron chi connectivity index (χ1n) is 9.41. The number of ether oxygens (including phenoxy) is 1. The lowest BCUT2D eigenvalue weighted by molar-refractivity contribution is -0.138. The van der Waals surface area contributed by atoms with Gasteiger partial charge in [-0.3, -0.25) is 9.59 Å². The molecule has 0 saturated carbocycles. The summed E-state index contributed by atoms with van der Waals surface area (Å²) < 4.78 is 5.15. The third-order valence-electron chi connectivity index (χ3n) is 4.97. The summed E-state index contributed by atoms with van der Waals surface area (Å²) in [5, 5.41) is 2.97. The maximum absolute atomic E-state index is 12.7. The van der Waals surface area contributed by atoms with E-state index in [1.54, 1.807) is 12.0 Å². The molecule has 0 unspecified atom stereocenters. The van der Waals surface area contributed by atoms with Crippen LogP contribution in [-0.2, 0) is 22.6 Å². The zero-order valence-corrected chi connectivity index (χ0v) is 15.7. The van der Waals surface area contributed by atoms with E-state index in [9.17, 15) is 9.59 Å². The minimum atomic E-state index is -0.350. The second kappa shape index (κ2) is 9.21. The van der Waals surface area contributed by atoms with E-state index in [0.29, 0.717) is 25.9 Å². The fourth-order valence-corrected chi connectivity index (χ4v) is 3.43. The van der Waals surface area contributed by atoms with E-state index < -0.39 is 0 Å². The van der Waals surface area contributed by atoms with Crippen LogP contribution in [-0.4, -0.2) is 36.4 Å². The summed E-state index contributed by atoms with van der Waals surface area (Å²) >= 11 is 0. The fourth-order valence-electron chi connectivity index (χ4n) is 3.43. The highest BCUT2D eigenvalue weighted by atomic mass is 16.5. The first-order chi connectivity index (χ1) is 13.2. The van der Waals surface area contributed by atoms with Crippen molar-refractivity contribution in [2.75, 3.05) is 13.7 Å². The van der Waals surface area contributed by atoms with Crippen LogP contribution in [0.15, 0.2) is 54.6 Å². The lowest BCUT2D eigenvalue weighted by Gasteiger charge is -2.24. The number of benzene rings is 2. The molecule has 5 nitrogen and oxygen atoms in total. The highest BCUT2D eigenvalue weighted by Gasteiger charge is 2.33. The van der Waals surface area contributed by atoms with E-state index in [4.69, 9.17) is 4.74 Å². The van der Waals surface area contributed by atoms with Crippen LogP contribution in [0.4, 0.5) is 0 Å². The molecule has 1 saturated heterocycles. The number of carbonyl (C=O) groups is 2. The van der Waals surface area contributed by atoms with Crippen molar-refractivity contribution in [1.82, 2.24) is 10.2 Å². The Bertz CT molecular complexity index is 759. The molecule has 1 aliphatic heterocycles. The van der Waals surface area contributed by atoms with Crippen LogP contribution in [0, 0.1) is 0 Å². The molecule has 0 bridgehead atoms. The number of likely N-dealkylation sites (tertiary alicyclic amines) is 1. The number of carbonyl (C=O) groups excluding carboxylic acids is 2. The molecule has 27 heavy (non-hydrogen) atoms. The Morgan fingerprint density at radius 3 is 2.52 bits per heavy atom. The number of aryl methyl sites for hydroxylation is 1. The number of nitrogens with one attached hydrogen (secondary N) is 1. The molecular formula is C22H26N2O3. The SMILES string of the molecule is COc1ccc(CCC(=O)N2CCC[C@H]2C(=O)NCc2ccccc2)cc1. The van der Waals surface area contributed by atoms with Crippen molar-refractivity contribution in [3.63, 3.8) is 0 Å². The molecule has 5 heteroatoms. The van der Waals surface area contributed by atoms with Crippen LogP contribution in [0.3, 0.4) is 0 Å². The van der Waals surface area contributed by atoms with Crippen LogP contribution < -0.4 is 10.1 Å². The minimum Gasteiger partial charge on any atom is -0.497 e. The van der Waals surface area contributed by atoms with E-state index >= 15 is 0 Å². The third-order valence-corrected chi connectivity index (χ3v) is 4.97. The molecule has 0 spiro atoms. The van der Waals surface area contributed by atoms with Crippen LogP contribution in [0.2, 0.25) is 0 Å². The summed E-state index contributed by atoms with van der Waals surface area (Å²) in [6, 6.07) is 17.2. The second-order valence-electron chi connectivity index (χ2n) is 6.80. The number of hydrogen-bond acceptors (Lipinski definition) is 3. The van der Waals surface area contributed by atoms with E-state index in [2.05, 4.69) is 5.32 Å². The highest BCUT2D eigenvalue weighted by Crippen LogP contribution is 2.20. The van der Waals surface area contributed by atoms with E-state index in [0.717, 1.165) is 29.7 Å². The average Bonchev–Trinajstić information content (AvgIpc) is 3.21. The van der Waals surface area contributed by atoms with E-state index in [1.165, 1.54) is 0 Å². The Morgan fingerprint density at radius 1 is 1.07 bits per heavy atom. The maximum Gasteiger partial charge on any atom is 0.243 e. The summed E-state index contributed by atoms with van der Waals surface area (Å²) in [5.74, 6) is 0.789. The molecule has 142 valence electrons. The molecule has 2 aromatic carbocycles. The van der Waals surface area contributed by atoms with Gasteiger partial charge in [-0.05, 0) is 42.5 Å². The number of hydrogen-bond donors (Lipinski definition) is 1. The molecule has 2 aromatic rings. The van der Waals surface area contributed by atoms with Gasteiger partial charge in [-0.2, -0.15) is 0 Å². The molecule has 1 aliphatic rings. The van der Waals surface area contributed by atoms with Crippen LogP contribution >= 0.6 is 0 Å². The van der Waals surface area contributed by atoms with Gasteiger partial charge in [0, 0.05) is 19.5 Å². The van der Waals surface area contributed by atoms with Crippen LogP contribution in [0.1, 0.15) is 30.4 Å². The monoisotopic (exact) mass is 366 g/mol. The standard InChI is InChI=1S/C22H26N2O3/c1-27-19-12-9-17(10-13-19)11-14-21(25)24-15-5-8-20(24)22(26)23-16-18-6-3-2-4-7-18/h2-4,6-7,9-10,12-13,20H,5,8,11,14-16H2,1H3,(H,23,26)/t20-/m0/s1. The summed E-state index contributed by atoms with van der Waals surface area (Å²) in [6.45, 7) is 1.15. The van der Waals surface area contributed by atoms with Crippen molar-refractivity contribution in [2.45, 2.75) is 38.3 Å². The molecule has 0 aliphatic carbocycles. The molecule has 1 fully saturated rings. The summed E-state index contributed by atoms with van der Waals surface area (Å²) in [7, 11) is 1.63. The Morgan fingerprint density at radius 2 is 1.81 bits per heavy atom. The van der Waals surface area contributed by atoms with Crippen LogP contribution in [0.25, 0.3) is 0 Å². The van der Waals surface area contributed by atoms with Crippen molar-refractivity contribution in [2.24, 2.45) is 0 Å². The number of amides is 2. The quantitative estimate of drug-likeness (QED) is 0.820. The van der Waals surface area contributed by atoms with Gasteiger partial charge >= 0.3 is 0 Å². The topological polar surface area (TPSA) is 58.6 Å². The normalized spacial score (nSPS) is 16.2. The first-order valence-corrected chi connectivity index (χ1v) is 9.41. The van der Waals surface area contributed by atoms with Crippen molar-refractivity contribution >= 4 is 11.8 Å². The van der Waals surface area contributed by atoms with Gasteiger partial charge in [-0.15, -0.1) is 0 Å². The lowest BCUT2D eigenvalue weighted by Crippen LogP contribution is -2.45. The zero-order valence-electron chi connectivity index (χ0n) is 15.7. The molecule has 0 radical (unpaired) electrons. The minimum absolute atomic E-state index is 0.0446. The van der Waals surface area contributed by atoms with Gasteiger partial charge in [0.05, 0.1) is 7.11 Å². The van der Waals surface area contributed by atoms with Gasteiger partial charge in [-0.1, -0.05) is 42.5 Å². The lowest BCUT2D eigenvalue weighted by atomic mass is 10.1. The largest absolute Gasteiger partial charge is 0.497 e. The van der Waals surface area contributed by atoms with Gasteiger partial charge in [0.15, 0.2) is 0 Å². The van der Waals surface area contributed by atoms with E-state index in [-0.39, 0.29) is 17.9 Å². The van der Waals surface area contributed by atoms with Gasteiger partial charge in [0.1, 0.15) is 11.8 Å². The van der Waals surface area contributed by atoms with Crippen molar-refractivity contribution in [1.29, 1.82) is 0 Å². The van der Waals surface area contributed by atoms with E-state index in [1.807, 2.05) is 54.6 Å². The summed E-state index contributed by atoms with van der Waals surface area (Å²) in [4.78, 5) is 27.0. The third kappa shape index (κ3) is 5.09. The Balaban J connectivity index is 1.51. The molecule has 1 atom stereocenters. The van der Waals surface area contributed by atoms with Gasteiger partial charge in [0.2, 0.25) is 11.8 Å². The molecule has 3 rings (SSSR count). The zero-order chi connectivity index (χ0) is 19.1. The Hall–Kier alpha value is -2.82. The summed E-state index contributed by atoms with van der Waals surface area (Å²) in [5.41, 5.74) is 2.15. The molecule has 2 amide bonds. The Kier molecular flexibility index (Phi) is 6.47. The van der Waals surface area contributed by atoms with Crippen LogP contribution in [0.5, 0.6) is 5.75 Å². The van der Waals surface area contributed by atoms with Gasteiger partial charge < -0.3 is 15.0 Å². The van der Waals surface area contributed by atoms with Gasteiger partial charge in [0.25, 0.3) is 0 Å². The number of nitrogens with zero attached hydrogens (tertiary/aromatic N) is 1. The van der Waals surface area contributed by atoms with Gasteiger partial charge in [-0.25, -0.2) is 0 Å². The molecule has 1 N–H and O–H groups in total. The van der Waals surface area contributed by atoms with Crippen molar-refractivity contribution in [3.05, 3.63) is 65.7 Å². The highest BCUT2D eigenvalue weighted by molar-refractivity contribution is 5.88. The summed E-state index contributed by atoms with van der Waals surface area (Å²) in [6.07, 6.45) is 2.68.